The Bertz CT molecular complexity index is 611. The summed E-state index contributed by atoms with van der Waals surface area (Å²) in [6.45, 7) is 6.23. The molecule has 2 N–H and O–H groups in total. The molecule has 0 radical (unpaired) electrons. The maximum absolute atomic E-state index is 4.56. The Kier molecular flexibility index (Phi) is 4.60. The number of anilines is 3. The summed E-state index contributed by atoms with van der Waals surface area (Å²) in [7, 11) is 1.86. The van der Waals surface area contributed by atoms with E-state index < -0.39 is 0 Å². The first kappa shape index (κ1) is 14.8. The van der Waals surface area contributed by atoms with Gasteiger partial charge in [-0.05, 0) is 40.5 Å². The fraction of sp³-hybridized carbons (Fsp3) is 0.333. The van der Waals surface area contributed by atoms with Crippen molar-refractivity contribution in [2.24, 2.45) is 0 Å². The van der Waals surface area contributed by atoms with E-state index in [1.165, 1.54) is 5.56 Å². The summed E-state index contributed by atoms with van der Waals surface area (Å²) in [6, 6.07) is 8.08. The number of aromatic nitrogens is 2. The van der Waals surface area contributed by atoms with Gasteiger partial charge in [-0.15, -0.1) is 0 Å². The van der Waals surface area contributed by atoms with Crippen molar-refractivity contribution in [3.63, 3.8) is 0 Å². The first-order valence-electron chi connectivity index (χ1n) is 6.59. The summed E-state index contributed by atoms with van der Waals surface area (Å²) in [5.74, 6) is 2.71. The Morgan fingerprint density at radius 2 is 1.80 bits per heavy atom. The van der Waals surface area contributed by atoms with Gasteiger partial charge in [0.15, 0.2) is 0 Å². The molecule has 0 fully saturated rings. The first-order valence-corrected chi connectivity index (χ1v) is 7.39. The summed E-state index contributed by atoms with van der Waals surface area (Å²) in [5.41, 5.74) is 2.20. The van der Waals surface area contributed by atoms with Crippen LogP contribution in [0.5, 0.6) is 0 Å². The zero-order chi connectivity index (χ0) is 14.7. The van der Waals surface area contributed by atoms with Gasteiger partial charge >= 0.3 is 0 Å². The van der Waals surface area contributed by atoms with Gasteiger partial charge in [-0.2, -0.15) is 0 Å². The quantitative estimate of drug-likeness (QED) is 0.866. The SMILES string of the molecule is CNc1cc(Nc2ccc(C)cc2Br)nc(C(C)C)n1. The van der Waals surface area contributed by atoms with Crippen LogP contribution in [0.3, 0.4) is 0 Å². The minimum Gasteiger partial charge on any atom is -0.373 e. The summed E-state index contributed by atoms with van der Waals surface area (Å²) in [4.78, 5) is 9.01. The van der Waals surface area contributed by atoms with Gasteiger partial charge in [0.1, 0.15) is 17.5 Å². The minimum atomic E-state index is 0.283. The van der Waals surface area contributed by atoms with Crippen LogP contribution in [0, 0.1) is 6.92 Å². The van der Waals surface area contributed by atoms with Gasteiger partial charge in [0, 0.05) is 23.5 Å². The van der Waals surface area contributed by atoms with E-state index in [4.69, 9.17) is 0 Å². The molecule has 0 aliphatic carbocycles. The van der Waals surface area contributed by atoms with Crippen molar-refractivity contribution >= 4 is 33.3 Å². The van der Waals surface area contributed by atoms with Gasteiger partial charge in [0.05, 0.1) is 5.69 Å². The topological polar surface area (TPSA) is 49.8 Å². The second-order valence-electron chi connectivity index (χ2n) is 5.01. The average molecular weight is 335 g/mol. The van der Waals surface area contributed by atoms with Crippen LogP contribution in [0.15, 0.2) is 28.7 Å². The van der Waals surface area contributed by atoms with E-state index in [1.807, 2.05) is 19.2 Å². The number of benzene rings is 1. The summed E-state index contributed by atoms with van der Waals surface area (Å²) >= 11 is 3.57. The second kappa shape index (κ2) is 6.22. The molecular formula is C15H19BrN4. The molecule has 0 unspecified atom stereocenters. The first-order chi connectivity index (χ1) is 9.49. The Morgan fingerprint density at radius 1 is 1.10 bits per heavy atom. The highest BCUT2D eigenvalue weighted by molar-refractivity contribution is 9.10. The van der Waals surface area contributed by atoms with E-state index in [0.29, 0.717) is 0 Å². The molecule has 5 heteroatoms. The molecule has 2 aromatic rings. The third-order valence-corrected chi connectivity index (χ3v) is 3.56. The lowest BCUT2D eigenvalue weighted by Gasteiger charge is -2.12. The van der Waals surface area contributed by atoms with Crippen molar-refractivity contribution in [1.29, 1.82) is 0 Å². The molecule has 1 heterocycles. The highest BCUT2D eigenvalue weighted by atomic mass is 79.9. The molecule has 0 atom stereocenters. The van der Waals surface area contributed by atoms with Gasteiger partial charge in [0.2, 0.25) is 0 Å². The standard InChI is InChI=1S/C15H19BrN4/c1-9(2)15-19-13(17-4)8-14(20-15)18-12-6-5-10(3)7-11(12)16/h5-9H,1-4H3,(H2,17,18,19,20). The molecule has 0 saturated carbocycles. The van der Waals surface area contributed by atoms with Crippen molar-refractivity contribution in [3.8, 4) is 0 Å². The van der Waals surface area contributed by atoms with Crippen LogP contribution in [0.1, 0.15) is 31.2 Å². The molecule has 0 saturated heterocycles. The molecule has 106 valence electrons. The minimum absolute atomic E-state index is 0.283. The molecule has 0 amide bonds. The number of hydrogen-bond acceptors (Lipinski definition) is 4. The zero-order valence-corrected chi connectivity index (χ0v) is 13.7. The lowest BCUT2D eigenvalue weighted by Crippen LogP contribution is -2.05. The molecular weight excluding hydrogens is 316 g/mol. The predicted molar refractivity (Wildman–Crippen MR) is 87.8 cm³/mol. The fourth-order valence-electron chi connectivity index (χ4n) is 1.78. The summed E-state index contributed by atoms with van der Waals surface area (Å²) in [6.07, 6.45) is 0. The van der Waals surface area contributed by atoms with E-state index in [1.54, 1.807) is 0 Å². The molecule has 1 aromatic heterocycles. The molecule has 20 heavy (non-hydrogen) atoms. The maximum Gasteiger partial charge on any atom is 0.136 e. The van der Waals surface area contributed by atoms with Gasteiger partial charge in [-0.1, -0.05) is 19.9 Å². The van der Waals surface area contributed by atoms with Crippen molar-refractivity contribution < 1.29 is 0 Å². The van der Waals surface area contributed by atoms with E-state index in [-0.39, 0.29) is 5.92 Å². The highest BCUT2D eigenvalue weighted by Crippen LogP contribution is 2.27. The van der Waals surface area contributed by atoms with E-state index in [2.05, 4.69) is 69.4 Å². The third-order valence-electron chi connectivity index (χ3n) is 2.90. The van der Waals surface area contributed by atoms with Crippen molar-refractivity contribution in [2.45, 2.75) is 26.7 Å². The maximum atomic E-state index is 4.56. The Balaban J connectivity index is 2.34. The predicted octanol–water partition coefficient (Wildman–Crippen LogP) is 4.46. The number of rotatable bonds is 4. The summed E-state index contributed by atoms with van der Waals surface area (Å²) < 4.78 is 1.02. The molecule has 0 aliphatic rings. The number of halogens is 1. The number of hydrogen-bond donors (Lipinski definition) is 2. The number of nitrogens with one attached hydrogen (secondary N) is 2. The zero-order valence-electron chi connectivity index (χ0n) is 12.2. The van der Waals surface area contributed by atoms with E-state index in [9.17, 15) is 0 Å². The normalized spacial score (nSPS) is 10.7. The molecule has 0 spiro atoms. The monoisotopic (exact) mass is 334 g/mol. The summed E-state index contributed by atoms with van der Waals surface area (Å²) in [5, 5.41) is 6.40. The Hall–Kier alpha value is -1.62. The van der Waals surface area contributed by atoms with Crippen LogP contribution >= 0.6 is 15.9 Å². The molecule has 2 rings (SSSR count). The average Bonchev–Trinajstić information content (AvgIpc) is 2.41. The van der Waals surface area contributed by atoms with Crippen LogP contribution in [0.2, 0.25) is 0 Å². The Labute approximate surface area is 128 Å². The van der Waals surface area contributed by atoms with Gasteiger partial charge in [-0.25, -0.2) is 9.97 Å². The van der Waals surface area contributed by atoms with Crippen LogP contribution in [-0.2, 0) is 0 Å². The largest absolute Gasteiger partial charge is 0.373 e. The number of nitrogens with zero attached hydrogens (tertiary/aromatic N) is 2. The van der Waals surface area contributed by atoms with Crippen LogP contribution in [0.4, 0.5) is 17.3 Å². The Morgan fingerprint density at radius 3 is 2.40 bits per heavy atom. The highest BCUT2D eigenvalue weighted by Gasteiger charge is 2.09. The lowest BCUT2D eigenvalue weighted by atomic mass is 10.2. The van der Waals surface area contributed by atoms with Gasteiger partial charge < -0.3 is 10.6 Å². The molecule has 1 aromatic carbocycles. The van der Waals surface area contributed by atoms with Gasteiger partial charge in [-0.3, -0.25) is 0 Å². The lowest BCUT2D eigenvalue weighted by molar-refractivity contribution is 0.778. The van der Waals surface area contributed by atoms with Crippen LogP contribution < -0.4 is 10.6 Å². The van der Waals surface area contributed by atoms with E-state index >= 15 is 0 Å². The molecule has 4 nitrogen and oxygen atoms in total. The van der Waals surface area contributed by atoms with Crippen molar-refractivity contribution in [2.75, 3.05) is 17.7 Å². The number of aryl methyl sites for hydroxylation is 1. The van der Waals surface area contributed by atoms with E-state index in [0.717, 1.165) is 27.6 Å². The smallest absolute Gasteiger partial charge is 0.136 e. The molecule has 0 bridgehead atoms. The second-order valence-corrected chi connectivity index (χ2v) is 5.86. The van der Waals surface area contributed by atoms with Gasteiger partial charge in [0.25, 0.3) is 0 Å². The molecule has 0 aliphatic heterocycles. The fourth-order valence-corrected chi connectivity index (χ4v) is 2.37. The third kappa shape index (κ3) is 3.48. The van der Waals surface area contributed by atoms with Crippen LogP contribution in [0.25, 0.3) is 0 Å². The van der Waals surface area contributed by atoms with Crippen LogP contribution in [-0.4, -0.2) is 17.0 Å². The van der Waals surface area contributed by atoms with Crippen molar-refractivity contribution in [1.82, 2.24) is 9.97 Å². The van der Waals surface area contributed by atoms with Crippen molar-refractivity contribution in [3.05, 3.63) is 40.1 Å².